The Morgan fingerprint density at radius 2 is 1.88 bits per heavy atom. The van der Waals surface area contributed by atoms with Gasteiger partial charge in [0.1, 0.15) is 5.69 Å². The molecule has 4 heteroatoms. The molecule has 0 radical (unpaired) electrons. The van der Waals surface area contributed by atoms with Gasteiger partial charge in [-0.2, -0.15) is 0 Å². The summed E-state index contributed by atoms with van der Waals surface area (Å²) in [4.78, 5) is 21.1. The van der Waals surface area contributed by atoms with Crippen LogP contribution in [0.4, 0.5) is 5.69 Å². The SMILES string of the molecule is CC(C)N(Cc1ccccc1)c1ccnc(C(=O)N2CCCC2)c1. The Morgan fingerprint density at radius 1 is 1.17 bits per heavy atom. The number of pyridine rings is 1. The summed E-state index contributed by atoms with van der Waals surface area (Å²) in [5.41, 5.74) is 2.86. The van der Waals surface area contributed by atoms with Crippen molar-refractivity contribution >= 4 is 11.6 Å². The zero-order valence-electron chi connectivity index (χ0n) is 14.5. The number of benzene rings is 1. The molecule has 0 aliphatic carbocycles. The van der Waals surface area contributed by atoms with Crippen LogP contribution in [0.5, 0.6) is 0 Å². The lowest BCUT2D eigenvalue weighted by Gasteiger charge is -2.29. The van der Waals surface area contributed by atoms with Crippen LogP contribution in [-0.2, 0) is 6.54 Å². The van der Waals surface area contributed by atoms with Gasteiger partial charge in [-0.3, -0.25) is 9.78 Å². The fourth-order valence-corrected chi connectivity index (χ4v) is 3.15. The third kappa shape index (κ3) is 3.75. The first kappa shape index (κ1) is 16.5. The quantitative estimate of drug-likeness (QED) is 0.841. The van der Waals surface area contributed by atoms with Crippen LogP contribution < -0.4 is 4.90 Å². The second-order valence-electron chi connectivity index (χ2n) is 6.61. The van der Waals surface area contributed by atoms with E-state index in [0.717, 1.165) is 38.2 Å². The lowest BCUT2D eigenvalue weighted by Crippen LogP contribution is -2.31. The van der Waals surface area contributed by atoms with Crippen molar-refractivity contribution in [2.75, 3.05) is 18.0 Å². The molecule has 0 unspecified atom stereocenters. The molecule has 1 amide bonds. The van der Waals surface area contributed by atoms with Gasteiger partial charge < -0.3 is 9.80 Å². The molecule has 1 aliphatic heterocycles. The number of carbonyl (C=O) groups is 1. The van der Waals surface area contributed by atoms with E-state index in [1.54, 1.807) is 6.20 Å². The topological polar surface area (TPSA) is 36.4 Å². The van der Waals surface area contributed by atoms with Crippen LogP contribution >= 0.6 is 0 Å². The zero-order valence-corrected chi connectivity index (χ0v) is 14.5. The summed E-state index contributed by atoms with van der Waals surface area (Å²) < 4.78 is 0. The van der Waals surface area contributed by atoms with Crippen LogP contribution in [0.1, 0.15) is 42.7 Å². The number of aromatic nitrogens is 1. The number of hydrogen-bond donors (Lipinski definition) is 0. The number of carbonyl (C=O) groups excluding carboxylic acids is 1. The Kier molecular flexibility index (Phi) is 5.14. The van der Waals surface area contributed by atoms with E-state index in [1.165, 1.54) is 5.56 Å². The zero-order chi connectivity index (χ0) is 16.9. The summed E-state index contributed by atoms with van der Waals surface area (Å²) in [6, 6.07) is 14.7. The van der Waals surface area contributed by atoms with Gasteiger partial charge >= 0.3 is 0 Å². The van der Waals surface area contributed by atoms with E-state index in [9.17, 15) is 4.79 Å². The van der Waals surface area contributed by atoms with Gasteiger partial charge in [-0.15, -0.1) is 0 Å². The average Bonchev–Trinajstić information content (AvgIpc) is 3.14. The number of likely N-dealkylation sites (tertiary alicyclic amines) is 1. The smallest absolute Gasteiger partial charge is 0.272 e. The summed E-state index contributed by atoms with van der Waals surface area (Å²) >= 11 is 0. The van der Waals surface area contributed by atoms with Gasteiger partial charge in [-0.25, -0.2) is 0 Å². The predicted octanol–water partition coefficient (Wildman–Crippen LogP) is 3.73. The number of hydrogen-bond acceptors (Lipinski definition) is 3. The van der Waals surface area contributed by atoms with E-state index in [2.05, 4.69) is 48.0 Å². The molecule has 126 valence electrons. The van der Waals surface area contributed by atoms with Crippen molar-refractivity contribution in [3.05, 3.63) is 59.9 Å². The van der Waals surface area contributed by atoms with Crippen molar-refractivity contribution < 1.29 is 4.79 Å². The molecule has 0 spiro atoms. The van der Waals surface area contributed by atoms with Crippen molar-refractivity contribution in [2.45, 2.75) is 39.3 Å². The molecular formula is C20H25N3O. The molecule has 1 saturated heterocycles. The van der Waals surface area contributed by atoms with Crippen LogP contribution in [0.2, 0.25) is 0 Å². The summed E-state index contributed by atoms with van der Waals surface area (Å²) in [7, 11) is 0. The Labute approximate surface area is 144 Å². The molecule has 1 aliphatic rings. The highest BCUT2D eigenvalue weighted by Gasteiger charge is 2.21. The normalized spacial score (nSPS) is 14.2. The van der Waals surface area contributed by atoms with Gasteiger partial charge in [0.25, 0.3) is 5.91 Å². The maximum Gasteiger partial charge on any atom is 0.272 e. The molecule has 0 N–H and O–H groups in total. The van der Waals surface area contributed by atoms with E-state index >= 15 is 0 Å². The standard InChI is InChI=1S/C20H25N3O/c1-16(2)23(15-17-8-4-3-5-9-17)18-10-11-21-19(14-18)20(24)22-12-6-7-13-22/h3-5,8-11,14,16H,6-7,12-13,15H2,1-2H3. The van der Waals surface area contributed by atoms with Crippen molar-refractivity contribution in [1.29, 1.82) is 0 Å². The van der Waals surface area contributed by atoms with Crippen molar-refractivity contribution in [3.63, 3.8) is 0 Å². The number of anilines is 1. The second kappa shape index (κ2) is 7.47. The Morgan fingerprint density at radius 3 is 2.54 bits per heavy atom. The van der Waals surface area contributed by atoms with Crippen molar-refractivity contribution in [1.82, 2.24) is 9.88 Å². The minimum absolute atomic E-state index is 0.0535. The first-order valence-corrected chi connectivity index (χ1v) is 8.71. The van der Waals surface area contributed by atoms with E-state index in [4.69, 9.17) is 0 Å². The van der Waals surface area contributed by atoms with Crippen molar-refractivity contribution in [2.24, 2.45) is 0 Å². The molecule has 2 heterocycles. The van der Waals surface area contributed by atoms with E-state index in [-0.39, 0.29) is 5.91 Å². The van der Waals surface area contributed by atoms with Crippen LogP contribution in [0.25, 0.3) is 0 Å². The number of rotatable bonds is 5. The maximum atomic E-state index is 12.6. The Balaban J connectivity index is 1.83. The third-order valence-electron chi connectivity index (χ3n) is 4.51. The summed E-state index contributed by atoms with van der Waals surface area (Å²) in [6.45, 7) is 6.86. The van der Waals surface area contributed by atoms with E-state index in [0.29, 0.717) is 11.7 Å². The lowest BCUT2D eigenvalue weighted by atomic mass is 10.1. The largest absolute Gasteiger partial charge is 0.365 e. The first-order valence-electron chi connectivity index (χ1n) is 8.71. The summed E-state index contributed by atoms with van der Waals surface area (Å²) in [5.74, 6) is 0.0535. The predicted molar refractivity (Wildman–Crippen MR) is 97.1 cm³/mol. The lowest BCUT2D eigenvalue weighted by molar-refractivity contribution is 0.0787. The Hall–Kier alpha value is -2.36. The van der Waals surface area contributed by atoms with E-state index in [1.807, 2.05) is 23.1 Å². The summed E-state index contributed by atoms with van der Waals surface area (Å²) in [5, 5.41) is 0. The molecular weight excluding hydrogens is 298 g/mol. The molecule has 1 fully saturated rings. The molecule has 0 saturated carbocycles. The molecule has 24 heavy (non-hydrogen) atoms. The van der Waals surface area contributed by atoms with Crippen LogP contribution in [-0.4, -0.2) is 34.9 Å². The molecule has 0 bridgehead atoms. The van der Waals surface area contributed by atoms with Gasteiger partial charge in [-0.05, 0) is 44.4 Å². The fourth-order valence-electron chi connectivity index (χ4n) is 3.15. The van der Waals surface area contributed by atoms with Crippen LogP contribution in [0.3, 0.4) is 0 Å². The number of nitrogens with zero attached hydrogens (tertiary/aromatic N) is 3. The van der Waals surface area contributed by atoms with Crippen LogP contribution in [0.15, 0.2) is 48.7 Å². The minimum atomic E-state index is 0.0535. The first-order chi connectivity index (χ1) is 11.6. The maximum absolute atomic E-state index is 12.6. The minimum Gasteiger partial charge on any atom is -0.365 e. The monoisotopic (exact) mass is 323 g/mol. The molecule has 2 aromatic rings. The summed E-state index contributed by atoms with van der Waals surface area (Å²) in [6.07, 6.45) is 3.94. The fraction of sp³-hybridized carbons (Fsp3) is 0.400. The van der Waals surface area contributed by atoms with Gasteiger partial charge in [0.05, 0.1) is 0 Å². The van der Waals surface area contributed by atoms with Gasteiger partial charge in [0.2, 0.25) is 0 Å². The number of amides is 1. The highest BCUT2D eigenvalue weighted by molar-refractivity contribution is 5.93. The highest BCUT2D eigenvalue weighted by atomic mass is 16.2. The molecule has 1 aromatic heterocycles. The molecule has 0 atom stereocenters. The molecule has 1 aromatic carbocycles. The highest BCUT2D eigenvalue weighted by Crippen LogP contribution is 2.22. The average molecular weight is 323 g/mol. The van der Waals surface area contributed by atoms with E-state index < -0.39 is 0 Å². The van der Waals surface area contributed by atoms with Gasteiger partial charge in [0.15, 0.2) is 0 Å². The molecule has 3 rings (SSSR count). The van der Waals surface area contributed by atoms with Crippen LogP contribution in [0, 0.1) is 0 Å². The van der Waals surface area contributed by atoms with Gasteiger partial charge in [0, 0.05) is 37.6 Å². The third-order valence-corrected chi connectivity index (χ3v) is 4.51. The second-order valence-corrected chi connectivity index (χ2v) is 6.61. The van der Waals surface area contributed by atoms with Crippen molar-refractivity contribution in [3.8, 4) is 0 Å². The van der Waals surface area contributed by atoms with Gasteiger partial charge in [-0.1, -0.05) is 30.3 Å². The Bertz CT molecular complexity index is 678. The molecule has 4 nitrogen and oxygen atoms in total.